The minimum Gasteiger partial charge on any atom is -0.497 e. The lowest BCUT2D eigenvalue weighted by molar-refractivity contribution is -0.116. The molecule has 2 rings (SSSR count). The van der Waals surface area contributed by atoms with E-state index in [-0.39, 0.29) is 24.5 Å². The molecule has 0 bridgehead atoms. The quantitative estimate of drug-likeness (QED) is 0.601. The van der Waals surface area contributed by atoms with Gasteiger partial charge in [-0.2, -0.15) is 0 Å². The van der Waals surface area contributed by atoms with Crippen LogP contribution in [0.1, 0.15) is 38.6 Å². The lowest BCUT2D eigenvalue weighted by Crippen LogP contribution is -2.13. The Balaban J connectivity index is 1.89. The molecule has 0 aliphatic carbocycles. The summed E-state index contributed by atoms with van der Waals surface area (Å²) in [5.74, 6) is -0.310. The van der Waals surface area contributed by atoms with Crippen LogP contribution in [0.4, 0.5) is 5.13 Å². The third-order valence-electron chi connectivity index (χ3n) is 3.40. The van der Waals surface area contributed by atoms with Gasteiger partial charge in [0.2, 0.25) is 5.91 Å². The Morgan fingerprint density at radius 3 is 2.40 bits per heavy atom. The number of carbonyl (C=O) groups is 3. The zero-order valence-electron chi connectivity index (χ0n) is 14.1. The van der Waals surface area contributed by atoms with Crippen LogP contribution in [0.25, 0.3) is 0 Å². The average Bonchev–Trinajstić information content (AvgIpc) is 2.99. The van der Waals surface area contributed by atoms with Gasteiger partial charge in [-0.15, -0.1) is 0 Å². The van der Waals surface area contributed by atoms with Crippen LogP contribution in [0.5, 0.6) is 5.75 Å². The van der Waals surface area contributed by atoms with Gasteiger partial charge < -0.3 is 14.8 Å². The van der Waals surface area contributed by atoms with Gasteiger partial charge in [0.25, 0.3) is 0 Å². The second-order valence-corrected chi connectivity index (χ2v) is 6.12. The van der Waals surface area contributed by atoms with Crippen LogP contribution < -0.4 is 10.1 Å². The van der Waals surface area contributed by atoms with Gasteiger partial charge in [-0.25, -0.2) is 9.78 Å². The van der Waals surface area contributed by atoms with Gasteiger partial charge in [0.05, 0.1) is 19.9 Å². The largest absolute Gasteiger partial charge is 0.497 e. The van der Waals surface area contributed by atoms with E-state index in [9.17, 15) is 14.4 Å². The molecule has 0 radical (unpaired) electrons. The Bertz CT molecular complexity index is 783. The Morgan fingerprint density at radius 1 is 1.12 bits per heavy atom. The van der Waals surface area contributed by atoms with E-state index < -0.39 is 5.97 Å². The highest BCUT2D eigenvalue weighted by Crippen LogP contribution is 2.23. The predicted molar refractivity (Wildman–Crippen MR) is 93.4 cm³/mol. The number of nitrogens with one attached hydrogen (secondary N) is 1. The second kappa shape index (κ2) is 8.39. The minimum absolute atomic E-state index is 0.0248. The molecule has 0 saturated heterocycles. The molecule has 1 heterocycles. The van der Waals surface area contributed by atoms with Crippen molar-refractivity contribution in [2.75, 3.05) is 19.5 Å². The van der Waals surface area contributed by atoms with Crippen LogP contribution in [0.3, 0.4) is 0 Å². The van der Waals surface area contributed by atoms with E-state index in [0.29, 0.717) is 27.0 Å². The molecule has 25 heavy (non-hydrogen) atoms. The molecule has 0 unspecified atom stereocenters. The van der Waals surface area contributed by atoms with E-state index in [4.69, 9.17) is 4.74 Å². The van der Waals surface area contributed by atoms with Crippen molar-refractivity contribution in [2.24, 2.45) is 0 Å². The Labute approximate surface area is 149 Å². The van der Waals surface area contributed by atoms with Gasteiger partial charge in [0.15, 0.2) is 10.9 Å². The lowest BCUT2D eigenvalue weighted by atomic mass is 10.1. The molecule has 1 amide bonds. The molecule has 1 aromatic carbocycles. The van der Waals surface area contributed by atoms with Crippen LogP contribution >= 0.6 is 11.3 Å². The van der Waals surface area contributed by atoms with E-state index in [1.54, 1.807) is 38.3 Å². The van der Waals surface area contributed by atoms with Gasteiger partial charge in [-0.05, 0) is 31.2 Å². The first-order valence-corrected chi connectivity index (χ1v) is 8.29. The third kappa shape index (κ3) is 4.87. The fraction of sp³-hybridized carbons (Fsp3) is 0.294. The molecule has 2 aromatic rings. The number of hydrogen-bond acceptors (Lipinski definition) is 7. The summed E-state index contributed by atoms with van der Waals surface area (Å²) in [6, 6.07) is 6.71. The summed E-state index contributed by atoms with van der Waals surface area (Å²) in [6.45, 7) is 1.66. The summed E-state index contributed by atoms with van der Waals surface area (Å²) in [5, 5.41) is 2.90. The number of rotatable bonds is 7. The molecule has 7 nitrogen and oxygen atoms in total. The molecule has 1 N–H and O–H groups in total. The van der Waals surface area contributed by atoms with Crippen LogP contribution in [0, 0.1) is 6.92 Å². The number of aromatic nitrogens is 1. The maximum atomic E-state index is 12.1. The van der Waals surface area contributed by atoms with Crippen molar-refractivity contribution < 1.29 is 23.9 Å². The van der Waals surface area contributed by atoms with Crippen LogP contribution in [0.2, 0.25) is 0 Å². The number of esters is 1. The van der Waals surface area contributed by atoms with Crippen molar-refractivity contribution in [1.29, 1.82) is 0 Å². The monoisotopic (exact) mass is 362 g/mol. The minimum atomic E-state index is -0.495. The zero-order chi connectivity index (χ0) is 18.4. The molecule has 0 saturated carbocycles. The van der Waals surface area contributed by atoms with Gasteiger partial charge in [-0.3, -0.25) is 9.59 Å². The van der Waals surface area contributed by atoms with Crippen LogP contribution in [-0.2, 0) is 9.53 Å². The first-order valence-electron chi connectivity index (χ1n) is 7.47. The number of benzene rings is 1. The fourth-order valence-corrected chi connectivity index (χ4v) is 2.96. The Hall–Kier alpha value is -2.74. The molecule has 1 aromatic heterocycles. The lowest BCUT2D eigenvalue weighted by Gasteiger charge is -2.03. The molecular weight excluding hydrogens is 344 g/mol. The molecule has 8 heteroatoms. The number of carbonyl (C=O) groups excluding carboxylic acids is 3. The van der Waals surface area contributed by atoms with Crippen LogP contribution in [-0.4, -0.2) is 36.9 Å². The number of amides is 1. The molecule has 0 aliphatic rings. The number of Topliss-reactive ketones (excluding diaryl/α,β-unsaturated/α-hetero) is 1. The SMILES string of the molecule is COC(=O)c1sc(NC(=O)CCC(=O)c2ccc(OC)cc2)nc1C. The molecular formula is C17H18N2O5S. The summed E-state index contributed by atoms with van der Waals surface area (Å²) in [6.07, 6.45) is 0.101. The second-order valence-electron chi connectivity index (χ2n) is 5.12. The highest BCUT2D eigenvalue weighted by Gasteiger charge is 2.17. The van der Waals surface area contributed by atoms with Gasteiger partial charge in [0, 0.05) is 18.4 Å². The van der Waals surface area contributed by atoms with Gasteiger partial charge in [-0.1, -0.05) is 11.3 Å². The molecule has 0 aliphatic heterocycles. The van der Waals surface area contributed by atoms with Crippen LogP contribution in [0.15, 0.2) is 24.3 Å². The first-order chi connectivity index (χ1) is 11.9. The van der Waals surface area contributed by atoms with E-state index in [2.05, 4.69) is 15.0 Å². The number of nitrogens with zero attached hydrogens (tertiary/aromatic N) is 1. The smallest absolute Gasteiger partial charge is 0.350 e. The van der Waals surface area contributed by atoms with E-state index in [1.165, 1.54) is 7.11 Å². The van der Waals surface area contributed by atoms with Gasteiger partial charge in [0.1, 0.15) is 10.6 Å². The Kier molecular flexibility index (Phi) is 6.24. The van der Waals surface area contributed by atoms with Gasteiger partial charge >= 0.3 is 5.97 Å². The zero-order valence-corrected chi connectivity index (χ0v) is 14.9. The molecule has 0 fully saturated rings. The normalized spacial score (nSPS) is 10.2. The van der Waals surface area contributed by atoms with Crippen molar-refractivity contribution in [3.8, 4) is 5.75 Å². The van der Waals surface area contributed by atoms with Crippen molar-refractivity contribution in [2.45, 2.75) is 19.8 Å². The number of hydrogen-bond donors (Lipinski definition) is 1. The number of ketones is 1. The topological polar surface area (TPSA) is 94.6 Å². The maximum absolute atomic E-state index is 12.1. The third-order valence-corrected chi connectivity index (χ3v) is 4.46. The molecule has 0 spiro atoms. The highest BCUT2D eigenvalue weighted by molar-refractivity contribution is 7.17. The first kappa shape index (κ1) is 18.6. The van der Waals surface area contributed by atoms with Crippen molar-refractivity contribution >= 4 is 34.1 Å². The number of aryl methyl sites for hydroxylation is 1. The summed E-state index contributed by atoms with van der Waals surface area (Å²) in [5.41, 5.74) is 1.01. The average molecular weight is 362 g/mol. The van der Waals surface area contributed by atoms with Crippen molar-refractivity contribution in [1.82, 2.24) is 4.98 Å². The summed E-state index contributed by atoms with van der Waals surface area (Å²) >= 11 is 1.04. The number of ether oxygens (including phenoxy) is 2. The number of thiazole rings is 1. The number of anilines is 1. The summed E-state index contributed by atoms with van der Waals surface area (Å²) in [4.78, 5) is 40.1. The molecule has 0 atom stereocenters. The van der Waals surface area contributed by atoms with E-state index in [0.717, 1.165) is 11.3 Å². The van der Waals surface area contributed by atoms with E-state index in [1.807, 2.05) is 0 Å². The fourth-order valence-electron chi connectivity index (χ4n) is 2.06. The summed E-state index contributed by atoms with van der Waals surface area (Å²) < 4.78 is 9.68. The summed E-state index contributed by atoms with van der Waals surface area (Å²) in [7, 11) is 2.83. The standard InChI is InChI=1S/C17H18N2O5S/c1-10-15(16(22)24-3)25-17(18-10)19-14(21)9-8-13(20)11-4-6-12(23-2)7-5-11/h4-7H,8-9H2,1-3H3,(H,18,19,21). The van der Waals surface area contributed by atoms with Crippen molar-refractivity contribution in [3.63, 3.8) is 0 Å². The van der Waals surface area contributed by atoms with E-state index >= 15 is 0 Å². The highest BCUT2D eigenvalue weighted by atomic mass is 32.1. The Morgan fingerprint density at radius 2 is 1.80 bits per heavy atom. The maximum Gasteiger partial charge on any atom is 0.350 e. The number of methoxy groups -OCH3 is 2. The predicted octanol–water partition coefficient (Wildman–Crippen LogP) is 2.85. The van der Waals surface area contributed by atoms with Crippen molar-refractivity contribution in [3.05, 3.63) is 40.4 Å². The molecule has 132 valence electrons.